The van der Waals surface area contributed by atoms with Crippen LogP contribution in [0.5, 0.6) is 0 Å². The van der Waals surface area contributed by atoms with Crippen LogP contribution in [0.1, 0.15) is 44.6 Å². The van der Waals surface area contributed by atoms with Gasteiger partial charge in [0.05, 0.1) is 5.92 Å². The lowest BCUT2D eigenvalue weighted by Gasteiger charge is -2.17. The minimum absolute atomic E-state index is 0.00895. The van der Waals surface area contributed by atoms with Gasteiger partial charge in [-0.1, -0.05) is 44.2 Å². The number of benzene rings is 2. The first-order chi connectivity index (χ1) is 12.5. The van der Waals surface area contributed by atoms with Crippen molar-refractivity contribution in [3.63, 3.8) is 0 Å². The molecule has 1 unspecified atom stereocenters. The Hall–Kier alpha value is -2.62. The first-order valence-corrected chi connectivity index (χ1v) is 9.28. The molecule has 2 aromatic carbocycles. The molecule has 1 aliphatic rings. The fourth-order valence-electron chi connectivity index (χ4n) is 3.17. The van der Waals surface area contributed by atoms with E-state index in [-0.39, 0.29) is 17.7 Å². The first-order valence-electron chi connectivity index (χ1n) is 9.28. The van der Waals surface area contributed by atoms with Gasteiger partial charge in [0.25, 0.3) is 0 Å². The third-order valence-electron chi connectivity index (χ3n) is 4.56. The third-order valence-corrected chi connectivity index (χ3v) is 4.56. The van der Waals surface area contributed by atoms with Crippen molar-refractivity contribution in [2.45, 2.75) is 39.0 Å². The van der Waals surface area contributed by atoms with Gasteiger partial charge < -0.3 is 10.6 Å². The van der Waals surface area contributed by atoms with E-state index in [1.54, 1.807) is 0 Å². The van der Waals surface area contributed by atoms with Crippen LogP contribution >= 0.6 is 0 Å². The molecule has 3 rings (SSSR count). The van der Waals surface area contributed by atoms with Gasteiger partial charge in [0.15, 0.2) is 0 Å². The van der Waals surface area contributed by atoms with Crippen molar-refractivity contribution in [2.24, 2.45) is 11.8 Å². The molecule has 2 amide bonds. The number of nitrogens with one attached hydrogen (secondary N) is 2. The van der Waals surface area contributed by atoms with E-state index in [9.17, 15) is 9.59 Å². The van der Waals surface area contributed by atoms with Gasteiger partial charge in [-0.3, -0.25) is 9.59 Å². The molecule has 1 fully saturated rings. The molecule has 0 radical (unpaired) electrons. The van der Waals surface area contributed by atoms with E-state index in [0.717, 1.165) is 29.8 Å². The van der Waals surface area contributed by atoms with E-state index in [4.69, 9.17) is 0 Å². The highest BCUT2D eigenvalue weighted by Gasteiger charge is 2.37. The minimum atomic E-state index is -0.0957. The number of hydrogen-bond donors (Lipinski definition) is 2. The van der Waals surface area contributed by atoms with Crippen molar-refractivity contribution in [1.29, 1.82) is 0 Å². The Labute approximate surface area is 155 Å². The zero-order valence-corrected chi connectivity index (χ0v) is 15.4. The lowest BCUT2D eigenvalue weighted by molar-refractivity contribution is -0.118. The maximum atomic E-state index is 12.8. The van der Waals surface area contributed by atoms with Crippen molar-refractivity contribution in [3.8, 4) is 0 Å². The summed E-state index contributed by atoms with van der Waals surface area (Å²) in [5.41, 5.74) is 2.57. The number of hydrogen-bond acceptors (Lipinski definition) is 2. The van der Waals surface area contributed by atoms with Crippen molar-refractivity contribution in [3.05, 3.63) is 60.2 Å². The first kappa shape index (κ1) is 18.2. The molecule has 1 aliphatic carbocycles. The summed E-state index contributed by atoms with van der Waals surface area (Å²) in [7, 11) is 0. The molecule has 1 atom stereocenters. The Morgan fingerprint density at radius 3 is 2.04 bits per heavy atom. The Bertz CT molecular complexity index is 749. The second-order valence-corrected chi connectivity index (χ2v) is 7.44. The Morgan fingerprint density at radius 2 is 1.50 bits per heavy atom. The molecule has 0 aliphatic heterocycles. The molecule has 0 bridgehead atoms. The fourth-order valence-corrected chi connectivity index (χ4v) is 3.17. The zero-order chi connectivity index (χ0) is 18.5. The van der Waals surface area contributed by atoms with E-state index in [2.05, 4.69) is 10.6 Å². The molecule has 136 valence electrons. The highest BCUT2D eigenvalue weighted by atomic mass is 16.2. The number of anilines is 2. The molecule has 4 heteroatoms. The van der Waals surface area contributed by atoms with E-state index in [1.165, 1.54) is 0 Å². The summed E-state index contributed by atoms with van der Waals surface area (Å²) in [5.74, 6) is 0.712. The third kappa shape index (κ3) is 4.94. The van der Waals surface area contributed by atoms with Gasteiger partial charge in [-0.15, -0.1) is 0 Å². The van der Waals surface area contributed by atoms with Gasteiger partial charge in [-0.2, -0.15) is 0 Å². The molecule has 0 saturated heterocycles. The fraction of sp³-hybridized carbons (Fsp3) is 0.364. The maximum Gasteiger partial charge on any atom is 0.232 e. The Morgan fingerprint density at radius 1 is 0.923 bits per heavy atom. The van der Waals surface area contributed by atoms with Crippen LogP contribution in [-0.4, -0.2) is 11.8 Å². The second kappa shape index (κ2) is 8.17. The van der Waals surface area contributed by atoms with Gasteiger partial charge in [0, 0.05) is 17.8 Å². The van der Waals surface area contributed by atoms with Crippen LogP contribution in [-0.2, 0) is 9.59 Å². The normalized spacial score (nSPS) is 14.7. The molecular formula is C22H26N2O2. The molecule has 26 heavy (non-hydrogen) atoms. The minimum Gasteiger partial charge on any atom is -0.326 e. The van der Waals surface area contributed by atoms with Crippen LogP contribution in [0.2, 0.25) is 0 Å². The summed E-state index contributed by atoms with van der Waals surface area (Å²) in [6, 6.07) is 17.3. The van der Waals surface area contributed by atoms with Crippen LogP contribution < -0.4 is 10.6 Å². The summed E-state index contributed by atoms with van der Waals surface area (Å²) >= 11 is 0. The number of amides is 2. The van der Waals surface area contributed by atoms with Gasteiger partial charge in [0.1, 0.15) is 0 Å². The molecule has 2 aromatic rings. The molecule has 4 nitrogen and oxygen atoms in total. The van der Waals surface area contributed by atoms with Gasteiger partial charge in [-0.05, 0) is 54.5 Å². The smallest absolute Gasteiger partial charge is 0.232 e. The average Bonchev–Trinajstić information content (AvgIpc) is 3.42. The standard InChI is InChI=1S/C22H26N2O2/c1-15(2)14-20(25)23-18-10-12-19(13-11-18)24-22(26)21(17-8-9-17)16-6-4-3-5-7-16/h3-7,10-13,15,17,21H,8-9,14H2,1-2H3,(H,23,25)(H,24,26). The van der Waals surface area contributed by atoms with Crippen molar-refractivity contribution < 1.29 is 9.59 Å². The lowest BCUT2D eigenvalue weighted by Crippen LogP contribution is -2.22. The van der Waals surface area contributed by atoms with Crippen LogP contribution in [0.25, 0.3) is 0 Å². The van der Waals surface area contributed by atoms with E-state index in [1.807, 2.05) is 68.4 Å². The average molecular weight is 350 g/mol. The molecule has 2 N–H and O–H groups in total. The largest absolute Gasteiger partial charge is 0.326 e. The quantitative estimate of drug-likeness (QED) is 0.753. The summed E-state index contributed by atoms with van der Waals surface area (Å²) < 4.78 is 0. The van der Waals surface area contributed by atoms with Crippen molar-refractivity contribution in [1.82, 2.24) is 0 Å². The van der Waals surface area contributed by atoms with Crippen LogP contribution in [0.15, 0.2) is 54.6 Å². The number of carbonyl (C=O) groups is 2. The number of carbonyl (C=O) groups excluding carboxylic acids is 2. The summed E-state index contributed by atoms with van der Waals surface area (Å²) in [5, 5.41) is 5.90. The monoisotopic (exact) mass is 350 g/mol. The highest BCUT2D eigenvalue weighted by molar-refractivity contribution is 5.97. The van der Waals surface area contributed by atoms with Crippen LogP contribution in [0.3, 0.4) is 0 Å². The number of rotatable bonds is 7. The molecule has 0 spiro atoms. The molecule has 0 heterocycles. The Balaban J connectivity index is 1.63. The maximum absolute atomic E-state index is 12.8. The zero-order valence-electron chi connectivity index (χ0n) is 15.4. The second-order valence-electron chi connectivity index (χ2n) is 7.44. The van der Waals surface area contributed by atoms with Gasteiger partial charge >= 0.3 is 0 Å². The van der Waals surface area contributed by atoms with Crippen molar-refractivity contribution in [2.75, 3.05) is 10.6 Å². The predicted molar refractivity (Wildman–Crippen MR) is 105 cm³/mol. The van der Waals surface area contributed by atoms with E-state index >= 15 is 0 Å². The SMILES string of the molecule is CC(C)CC(=O)Nc1ccc(NC(=O)C(c2ccccc2)C2CC2)cc1. The highest BCUT2D eigenvalue weighted by Crippen LogP contribution is 2.43. The lowest BCUT2D eigenvalue weighted by atomic mass is 9.93. The van der Waals surface area contributed by atoms with Gasteiger partial charge in [-0.25, -0.2) is 0 Å². The topological polar surface area (TPSA) is 58.2 Å². The predicted octanol–water partition coefficient (Wildman–Crippen LogP) is 4.80. The van der Waals surface area contributed by atoms with Gasteiger partial charge in [0.2, 0.25) is 11.8 Å². The van der Waals surface area contributed by atoms with Crippen LogP contribution in [0.4, 0.5) is 11.4 Å². The summed E-state index contributed by atoms with van der Waals surface area (Å²) in [4.78, 5) is 24.6. The Kier molecular flexibility index (Phi) is 5.71. The van der Waals surface area contributed by atoms with Crippen molar-refractivity contribution >= 4 is 23.2 Å². The molecule has 0 aromatic heterocycles. The van der Waals surface area contributed by atoms with E-state index in [0.29, 0.717) is 18.3 Å². The molecule has 1 saturated carbocycles. The van der Waals surface area contributed by atoms with Crippen LogP contribution in [0, 0.1) is 11.8 Å². The summed E-state index contributed by atoms with van der Waals surface area (Å²) in [6.07, 6.45) is 2.71. The summed E-state index contributed by atoms with van der Waals surface area (Å²) in [6.45, 7) is 4.03. The van der Waals surface area contributed by atoms with E-state index < -0.39 is 0 Å². The molecular weight excluding hydrogens is 324 g/mol.